The molecule has 0 saturated heterocycles. The van der Waals surface area contributed by atoms with Gasteiger partial charge in [0.1, 0.15) is 12.1 Å². The molecule has 0 aromatic carbocycles. The van der Waals surface area contributed by atoms with E-state index in [1.165, 1.54) is 5.56 Å². The van der Waals surface area contributed by atoms with Gasteiger partial charge in [-0.3, -0.25) is 4.57 Å². The van der Waals surface area contributed by atoms with Crippen LogP contribution in [0.15, 0.2) is 24.8 Å². The molecule has 0 atom stereocenters. The molecule has 19 heavy (non-hydrogen) atoms. The largest absolute Gasteiger partial charge is 0.461 e. The van der Waals surface area contributed by atoms with E-state index in [2.05, 4.69) is 9.97 Å². The number of aryl methyl sites for hydroxylation is 1. The average molecular weight is 257 g/mol. The van der Waals surface area contributed by atoms with Gasteiger partial charge in [-0.1, -0.05) is 0 Å². The van der Waals surface area contributed by atoms with Gasteiger partial charge in [-0.25, -0.2) is 14.8 Å². The Hall–Kier alpha value is -2.17. The Morgan fingerprint density at radius 2 is 2.37 bits per heavy atom. The lowest BCUT2D eigenvalue weighted by Crippen LogP contribution is -2.13. The van der Waals surface area contributed by atoms with E-state index in [9.17, 15) is 4.79 Å². The first-order valence-electron chi connectivity index (χ1n) is 6.48. The van der Waals surface area contributed by atoms with E-state index in [-0.39, 0.29) is 5.97 Å². The van der Waals surface area contributed by atoms with Crippen molar-refractivity contribution in [2.45, 2.75) is 26.2 Å². The summed E-state index contributed by atoms with van der Waals surface area (Å²) in [5, 5.41) is 0. The van der Waals surface area contributed by atoms with Crippen molar-refractivity contribution in [1.82, 2.24) is 14.5 Å². The number of esters is 1. The molecule has 1 aliphatic rings. The highest BCUT2D eigenvalue weighted by Gasteiger charge is 2.23. The molecule has 98 valence electrons. The van der Waals surface area contributed by atoms with E-state index in [0.717, 1.165) is 30.6 Å². The maximum absolute atomic E-state index is 12.0. The maximum atomic E-state index is 12.0. The lowest BCUT2D eigenvalue weighted by molar-refractivity contribution is 0.0518. The molecule has 0 spiro atoms. The number of pyridine rings is 1. The smallest absolute Gasteiger partial charge is 0.357 e. The van der Waals surface area contributed by atoms with E-state index >= 15 is 0 Å². The zero-order valence-electron chi connectivity index (χ0n) is 10.8. The lowest BCUT2D eigenvalue weighted by Gasteiger charge is -2.10. The summed E-state index contributed by atoms with van der Waals surface area (Å²) in [6.07, 6.45) is 8.15. The van der Waals surface area contributed by atoms with Gasteiger partial charge < -0.3 is 4.74 Å². The molecule has 0 N–H and O–H groups in total. The van der Waals surface area contributed by atoms with Crippen LogP contribution in [0.3, 0.4) is 0 Å². The van der Waals surface area contributed by atoms with Gasteiger partial charge in [-0.2, -0.15) is 0 Å². The average Bonchev–Trinajstić information content (AvgIpc) is 3.08. The fourth-order valence-electron chi connectivity index (χ4n) is 2.46. The van der Waals surface area contributed by atoms with Gasteiger partial charge in [0.15, 0.2) is 5.69 Å². The number of fused-ring (bicyclic) bond motifs is 1. The number of carbonyl (C=O) groups excluding carboxylic acids is 1. The van der Waals surface area contributed by atoms with Gasteiger partial charge in [-0.15, -0.1) is 0 Å². The zero-order valence-corrected chi connectivity index (χ0v) is 10.8. The minimum absolute atomic E-state index is 0.331. The van der Waals surface area contributed by atoms with Crippen LogP contribution in [0.4, 0.5) is 0 Å². The van der Waals surface area contributed by atoms with Gasteiger partial charge in [0.2, 0.25) is 0 Å². The Balaban J connectivity index is 2.10. The fourth-order valence-corrected chi connectivity index (χ4v) is 2.46. The second kappa shape index (κ2) is 4.84. The SMILES string of the molecule is CCOC(=O)c1nc(-n2ccnc2)cc2c1CCC2. The van der Waals surface area contributed by atoms with Gasteiger partial charge in [-0.05, 0) is 43.4 Å². The van der Waals surface area contributed by atoms with Crippen LogP contribution < -0.4 is 0 Å². The number of nitrogens with zero attached hydrogens (tertiary/aromatic N) is 3. The topological polar surface area (TPSA) is 57.0 Å². The second-order valence-corrected chi connectivity index (χ2v) is 4.51. The summed E-state index contributed by atoms with van der Waals surface area (Å²) < 4.78 is 6.91. The van der Waals surface area contributed by atoms with E-state index in [1.54, 1.807) is 24.0 Å². The number of aromatic nitrogens is 3. The van der Waals surface area contributed by atoms with Gasteiger partial charge in [0, 0.05) is 12.4 Å². The van der Waals surface area contributed by atoms with Crippen molar-refractivity contribution < 1.29 is 9.53 Å². The number of rotatable bonds is 3. The first-order chi connectivity index (χ1) is 9.29. The van der Waals surface area contributed by atoms with E-state index < -0.39 is 0 Å². The molecule has 0 amide bonds. The normalized spacial score (nSPS) is 13.3. The van der Waals surface area contributed by atoms with Crippen LogP contribution in [0.2, 0.25) is 0 Å². The third-order valence-electron chi connectivity index (χ3n) is 3.31. The Morgan fingerprint density at radius 1 is 1.47 bits per heavy atom. The van der Waals surface area contributed by atoms with E-state index in [0.29, 0.717) is 12.3 Å². The first-order valence-corrected chi connectivity index (χ1v) is 6.48. The predicted octanol–water partition coefficient (Wildman–Crippen LogP) is 1.93. The number of hydrogen-bond donors (Lipinski definition) is 0. The molecule has 3 rings (SSSR count). The molecule has 2 aromatic rings. The molecular formula is C14H15N3O2. The van der Waals surface area contributed by atoms with Crippen molar-refractivity contribution in [3.63, 3.8) is 0 Å². The van der Waals surface area contributed by atoms with Crippen LogP contribution in [-0.2, 0) is 17.6 Å². The highest BCUT2D eigenvalue weighted by atomic mass is 16.5. The van der Waals surface area contributed by atoms with Gasteiger partial charge >= 0.3 is 5.97 Å². The quantitative estimate of drug-likeness (QED) is 0.788. The lowest BCUT2D eigenvalue weighted by atomic mass is 10.1. The molecular weight excluding hydrogens is 242 g/mol. The second-order valence-electron chi connectivity index (χ2n) is 4.51. The highest BCUT2D eigenvalue weighted by Crippen LogP contribution is 2.26. The first kappa shape index (κ1) is 11.9. The summed E-state index contributed by atoms with van der Waals surface area (Å²) in [7, 11) is 0. The number of ether oxygens (including phenoxy) is 1. The summed E-state index contributed by atoms with van der Waals surface area (Å²) in [4.78, 5) is 20.5. The summed E-state index contributed by atoms with van der Waals surface area (Å²) in [5.41, 5.74) is 2.70. The third kappa shape index (κ3) is 2.12. The van der Waals surface area contributed by atoms with Crippen LogP contribution in [0.1, 0.15) is 35.0 Å². The molecule has 5 heteroatoms. The Bertz CT molecular complexity index is 605. The zero-order chi connectivity index (χ0) is 13.2. The maximum Gasteiger partial charge on any atom is 0.357 e. The predicted molar refractivity (Wildman–Crippen MR) is 69.3 cm³/mol. The Kier molecular flexibility index (Phi) is 3.03. The molecule has 5 nitrogen and oxygen atoms in total. The Labute approximate surface area is 111 Å². The van der Waals surface area contributed by atoms with Gasteiger partial charge in [0.25, 0.3) is 0 Å². The van der Waals surface area contributed by atoms with Crippen molar-refractivity contribution in [2.24, 2.45) is 0 Å². The molecule has 0 radical (unpaired) electrons. The summed E-state index contributed by atoms with van der Waals surface area (Å²) in [6, 6.07) is 2.03. The minimum atomic E-state index is -0.331. The van der Waals surface area contributed by atoms with Crippen molar-refractivity contribution >= 4 is 5.97 Å². The molecule has 0 fully saturated rings. The van der Waals surface area contributed by atoms with Crippen molar-refractivity contribution in [2.75, 3.05) is 6.61 Å². The number of carbonyl (C=O) groups is 1. The number of hydrogen-bond acceptors (Lipinski definition) is 4. The summed E-state index contributed by atoms with van der Waals surface area (Å²) >= 11 is 0. The molecule has 0 bridgehead atoms. The molecule has 2 aromatic heterocycles. The van der Waals surface area contributed by atoms with E-state index in [1.807, 2.05) is 12.3 Å². The molecule has 0 saturated carbocycles. The summed E-state index contributed by atoms with van der Waals surface area (Å²) in [6.45, 7) is 2.17. The Morgan fingerprint density at radius 3 is 3.11 bits per heavy atom. The van der Waals surface area contributed by atoms with Crippen LogP contribution >= 0.6 is 0 Å². The van der Waals surface area contributed by atoms with E-state index in [4.69, 9.17) is 4.74 Å². The number of imidazole rings is 1. The molecule has 0 aliphatic heterocycles. The minimum Gasteiger partial charge on any atom is -0.461 e. The monoisotopic (exact) mass is 257 g/mol. The van der Waals surface area contributed by atoms with Crippen LogP contribution in [-0.4, -0.2) is 27.1 Å². The fraction of sp³-hybridized carbons (Fsp3) is 0.357. The highest BCUT2D eigenvalue weighted by molar-refractivity contribution is 5.89. The van der Waals surface area contributed by atoms with Crippen LogP contribution in [0.25, 0.3) is 5.82 Å². The standard InChI is InChI=1S/C14H15N3O2/c1-2-19-14(18)13-11-5-3-4-10(11)8-12(16-13)17-7-6-15-9-17/h6-9H,2-5H2,1H3. The van der Waals surface area contributed by atoms with Crippen molar-refractivity contribution in [1.29, 1.82) is 0 Å². The molecule has 2 heterocycles. The van der Waals surface area contributed by atoms with Crippen molar-refractivity contribution in [3.8, 4) is 5.82 Å². The van der Waals surface area contributed by atoms with Crippen LogP contribution in [0.5, 0.6) is 0 Å². The van der Waals surface area contributed by atoms with Gasteiger partial charge in [0.05, 0.1) is 6.61 Å². The third-order valence-corrected chi connectivity index (χ3v) is 3.31. The molecule has 1 aliphatic carbocycles. The summed E-state index contributed by atoms with van der Waals surface area (Å²) in [5.74, 6) is 0.392. The van der Waals surface area contributed by atoms with Crippen molar-refractivity contribution in [3.05, 3.63) is 41.6 Å². The van der Waals surface area contributed by atoms with Crippen LogP contribution in [0, 0.1) is 0 Å². The molecule has 0 unspecified atom stereocenters.